The molecule has 4 aromatic heterocycles. The van der Waals surface area contributed by atoms with Gasteiger partial charge < -0.3 is 10.6 Å². The number of pyridine rings is 1. The van der Waals surface area contributed by atoms with E-state index in [1.165, 1.54) is 6.07 Å². The number of benzene rings is 1. The molecule has 35 heavy (non-hydrogen) atoms. The number of rotatable bonds is 6. The van der Waals surface area contributed by atoms with Gasteiger partial charge in [-0.15, -0.1) is 0 Å². The van der Waals surface area contributed by atoms with Crippen LogP contribution in [0.2, 0.25) is 0 Å². The Hall–Kier alpha value is -4.25. The van der Waals surface area contributed by atoms with Gasteiger partial charge in [0.2, 0.25) is 5.95 Å². The van der Waals surface area contributed by atoms with E-state index in [9.17, 15) is 13.2 Å². The number of aryl methyl sites for hydroxylation is 1. The van der Waals surface area contributed by atoms with E-state index in [-0.39, 0.29) is 11.6 Å². The van der Waals surface area contributed by atoms with Crippen molar-refractivity contribution >= 4 is 34.6 Å². The Morgan fingerprint density at radius 3 is 2.49 bits per heavy atom. The molecule has 0 bridgehead atoms. The Balaban J connectivity index is 1.46. The van der Waals surface area contributed by atoms with Crippen LogP contribution in [0.5, 0.6) is 0 Å². The highest BCUT2D eigenvalue weighted by molar-refractivity contribution is 7.08. The highest BCUT2D eigenvalue weighted by Crippen LogP contribution is 2.33. The molecular formula is C24H18F3N7S. The zero-order valence-electron chi connectivity index (χ0n) is 18.3. The molecule has 7 nitrogen and oxygen atoms in total. The lowest BCUT2D eigenvalue weighted by Crippen LogP contribution is -2.06. The van der Waals surface area contributed by atoms with E-state index >= 15 is 0 Å². The molecule has 0 fully saturated rings. The fourth-order valence-corrected chi connectivity index (χ4v) is 4.07. The first-order valence-corrected chi connectivity index (χ1v) is 11.4. The summed E-state index contributed by atoms with van der Waals surface area (Å²) in [5.74, 6) is 1.09. The van der Waals surface area contributed by atoms with Crippen LogP contribution in [0.25, 0.3) is 22.3 Å². The van der Waals surface area contributed by atoms with E-state index in [1.54, 1.807) is 53.9 Å². The molecule has 0 aliphatic heterocycles. The number of halogens is 3. The zero-order valence-corrected chi connectivity index (χ0v) is 19.1. The number of nitrogens with one attached hydrogen (secondary N) is 2. The second kappa shape index (κ2) is 9.18. The minimum Gasteiger partial charge on any atom is -0.340 e. The van der Waals surface area contributed by atoms with Gasteiger partial charge in [-0.25, -0.2) is 9.97 Å². The van der Waals surface area contributed by atoms with E-state index in [0.717, 1.165) is 23.3 Å². The van der Waals surface area contributed by atoms with Crippen molar-refractivity contribution in [2.45, 2.75) is 6.18 Å². The molecule has 0 unspecified atom stereocenters. The van der Waals surface area contributed by atoms with Crippen LogP contribution >= 0.6 is 11.3 Å². The van der Waals surface area contributed by atoms with E-state index in [4.69, 9.17) is 0 Å². The smallest absolute Gasteiger partial charge is 0.340 e. The Morgan fingerprint density at radius 1 is 0.914 bits per heavy atom. The number of hydrogen-bond donors (Lipinski definition) is 2. The fourth-order valence-electron chi connectivity index (χ4n) is 3.40. The predicted molar refractivity (Wildman–Crippen MR) is 130 cm³/mol. The molecule has 2 N–H and O–H groups in total. The molecule has 0 radical (unpaired) electrons. The van der Waals surface area contributed by atoms with Gasteiger partial charge in [0.1, 0.15) is 11.6 Å². The lowest BCUT2D eigenvalue weighted by atomic mass is 10.1. The van der Waals surface area contributed by atoms with E-state index in [0.29, 0.717) is 22.8 Å². The van der Waals surface area contributed by atoms with E-state index in [1.807, 2.05) is 29.0 Å². The van der Waals surface area contributed by atoms with Gasteiger partial charge in [0.25, 0.3) is 0 Å². The highest BCUT2D eigenvalue weighted by Gasteiger charge is 2.30. The molecule has 0 amide bonds. The summed E-state index contributed by atoms with van der Waals surface area (Å²) in [6, 6.07) is 10.7. The highest BCUT2D eigenvalue weighted by atomic mass is 32.1. The van der Waals surface area contributed by atoms with Crippen LogP contribution in [0.3, 0.4) is 0 Å². The molecule has 176 valence electrons. The molecule has 0 atom stereocenters. The molecular weight excluding hydrogens is 475 g/mol. The summed E-state index contributed by atoms with van der Waals surface area (Å²) in [7, 11) is 1.77. The maximum absolute atomic E-state index is 13.2. The summed E-state index contributed by atoms with van der Waals surface area (Å²) in [5, 5.41) is 14.3. The second-order valence-corrected chi connectivity index (χ2v) is 8.41. The standard InChI is InChI=1S/C24H18F3N7S/c1-34-13-17(11-30-34)20-12-29-23(32-21-6-5-15(10-28-21)16-7-8-35-14-16)33-22(20)31-19-4-2-3-18(9-19)24(25,26)27/h2-14H,1H3,(H2,28,29,31,32,33). The van der Waals surface area contributed by atoms with Gasteiger partial charge in [-0.2, -0.15) is 34.6 Å². The van der Waals surface area contributed by atoms with Gasteiger partial charge in [-0.05, 0) is 52.7 Å². The predicted octanol–water partition coefficient (Wildman–Crippen LogP) is 6.51. The number of thiophene rings is 1. The first-order valence-electron chi connectivity index (χ1n) is 10.4. The molecule has 0 spiro atoms. The summed E-state index contributed by atoms with van der Waals surface area (Å²) in [6.07, 6.45) is 2.28. The summed E-state index contributed by atoms with van der Waals surface area (Å²) < 4.78 is 41.2. The molecule has 1 aromatic carbocycles. The molecule has 5 rings (SSSR count). The Labute approximate surface area is 202 Å². The summed E-state index contributed by atoms with van der Waals surface area (Å²) in [4.78, 5) is 13.3. The fraction of sp³-hybridized carbons (Fsp3) is 0.0833. The molecule has 4 heterocycles. The minimum absolute atomic E-state index is 0.239. The van der Waals surface area contributed by atoms with Crippen molar-refractivity contribution in [3.8, 4) is 22.3 Å². The maximum Gasteiger partial charge on any atom is 0.416 e. The SMILES string of the molecule is Cn1cc(-c2cnc(Nc3ccc(-c4ccsc4)cn3)nc2Nc2cccc(C(F)(F)F)c2)cn1. The van der Waals surface area contributed by atoms with Crippen molar-refractivity contribution in [2.24, 2.45) is 7.05 Å². The van der Waals surface area contributed by atoms with Crippen molar-refractivity contribution in [3.05, 3.63) is 83.6 Å². The minimum atomic E-state index is -4.46. The van der Waals surface area contributed by atoms with Gasteiger partial charge in [0, 0.05) is 48.0 Å². The van der Waals surface area contributed by atoms with Gasteiger partial charge in [0.05, 0.1) is 11.8 Å². The van der Waals surface area contributed by atoms with Gasteiger partial charge >= 0.3 is 6.18 Å². The summed E-state index contributed by atoms with van der Waals surface area (Å²) >= 11 is 1.61. The third kappa shape index (κ3) is 5.14. The molecule has 5 aromatic rings. The van der Waals surface area contributed by atoms with Gasteiger partial charge in [0.15, 0.2) is 0 Å². The quantitative estimate of drug-likeness (QED) is 0.281. The summed E-state index contributed by atoms with van der Waals surface area (Å²) in [6.45, 7) is 0. The third-order valence-electron chi connectivity index (χ3n) is 5.12. The van der Waals surface area contributed by atoms with Crippen LogP contribution in [0.1, 0.15) is 5.56 Å². The molecule has 0 saturated heterocycles. The lowest BCUT2D eigenvalue weighted by molar-refractivity contribution is -0.137. The van der Waals surface area contributed by atoms with Crippen molar-refractivity contribution in [3.63, 3.8) is 0 Å². The molecule has 0 aliphatic carbocycles. The number of aromatic nitrogens is 5. The van der Waals surface area contributed by atoms with Crippen molar-refractivity contribution < 1.29 is 13.2 Å². The number of nitrogens with zero attached hydrogens (tertiary/aromatic N) is 5. The molecule has 0 saturated carbocycles. The average Bonchev–Trinajstić information content (AvgIpc) is 3.52. The van der Waals surface area contributed by atoms with Crippen molar-refractivity contribution in [2.75, 3.05) is 10.6 Å². The zero-order chi connectivity index (χ0) is 24.4. The average molecular weight is 494 g/mol. The van der Waals surface area contributed by atoms with Crippen molar-refractivity contribution in [1.82, 2.24) is 24.7 Å². The number of hydrogen-bond acceptors (Lipinski definition) is 7. The second-order valence-electron chi connectivity index (χ2n) is 7.63. The van der Waals surface area contributed by atoms with E-state index < -0.39 is 11.7 Å². The number of alkyl halides is 3. The van der Waals surface area contributed by atoms with Gasteiger partial charge in [-0.3, -0.25) is 4.68 Å². The topological polar surface area (TPSA) is 80.5 Å². The monoisotopic (exact) mass is 493 g/mol. The number of anilines is 4. The van der Waals surface area contributed by atoms with Crippen LogP contribution in [-0.2, 0) is 13.2 Å². The van der Waals surface area contributed by atoms with E-state index in [2.05, 4.69) is 30.7 Å². The largest absolute Gasteiger partial charge is 0.416 e. The molecule has 11 heteroatoms. The Bertz CT molecular complexity index is 1450. The van der Waals surface area contributed by atoms with Gasteiger partial charge in [-0.1, -0.05) is 6.07 Å². The van der Waals surface area contributed by atoms with Crippen LogP contribution < -0.4 is 10.6 Å². The van der Waals surface area contributed by atoms with Crippen LogP contribution in [-0.4, -0.2) is 24.7 Å². The third-order valence-corrected chi connectivity index (χ3v) is 5.80. The first-order chi connectivity index (χ1) is 16.8. The van der Waals surface area contributed by atoms with Crippen LogP contribution in [0.15, 0.2) is 78.0 Å². The normalized spacial score (nSPS) is 11.4. The Morgan fingerprint density at radius 2 is 1.80 bits per heavy atom. The first kappa shape index (κ1) is 22.5. The molecule has 0 aliphatic rings. The maximum atomic E-state index is 13.2. The Kier molecular flexibility index (Phi) is 5.91. The van der Waals surface area contributed by atoms with Crippen LogP contribution in [0, 0.1) is 0 Å². The van der Waals surface area contributed by atoms with Crippen LogP contribution in [0.4, 0.5) is 36.4 Å². The lowest BCUT2D eigenvalue weighted by Gasteiger charge is -2.14. The summed E-state index contributed by atoms with van der Waals surface area (Å²) in [5.41, 5.74) is 2.85. The van der Waals surface area contributed by atoms with Crippen molar-refractivity contribution in [1.29, 1.82) is 0 Å².